The van der Waals surface area contributed by atoms with E-state index in [0.29, 0.717) is 5.56 Å². The number of para-hydroxylation sites is 1. The number of rotatable bonds is 2. The number of nitrogens with one attached hydrogen (secondary N) is 1. The molecule has 0 aliphatic carbocycles. The highest BCUT2D eigenvalue weighted by molar-refractivity contribution is 5.88. The Balaban J connectivity index is 1.74. The lowest BCUT2D eigenvalue weighted by Crippen LogP contribution is -2.08. The molecule has 0 bridgehead atoms. The highest BCUT2D eigenvalue weighted by Gasteiger charge is 2.22. The molecule has 136 valence electrons. The third kappa shape index (κ3) is 2.73. The van der Waals surface area contributed by atoms with Gasteiger partial charge in [-0.2, -0.15) is 10.4 Å². The fraction of sp³-hybridized carbons (Fsp3) is 0.167. The summed E-state index contributed by atoms with van der Waals surface area (Å²) in [6, 6.07) is 24.9. The Kier molecular flexibility index (Phi) is 4.06. The molecule has 0 amide bonds. The summed E-state index contributed by atoms with van der Waals surface area (Å²) in [5.74, 6) is 1.02. The summed E-state index contributed by atoms with van der Waals surface area (Å²) in [6.45, 7) is 0.921. The fourth-order valence-corrected chi connectivity index (χ4v) is 4.00. The minimum atomic E-state index is 0.629. The van der Waals surface area contributed by atoms with Crippen molar-refractivity contribution >= 4 is 16.6 Å². The van der Waals surface area contributed by atoms with Gasteiger partial charge in [0.2, 0.25) is 0 Å². The van der Waals surface area contributed by atoms with Gasteiger partial charge in [-0.05, 0) is 48.2 Å². The Morgan fingerprint density at radius 3 is 2.64 bits per heavy atom. The lowest BCUT2D eigenvalue weighted by Gasteiger charge is -2.10. The summed E-state index contributed by atoms with van der Waals surface area (Å²) < 4.78 is 1.92. The molecule has 0 spiro atoms. The van der Waals surface area contributed by atoms with Gasteiger partial charge in [-0.3, -0.25) is 0 Å². The van der Waals surface area contributed by atoms with Crippen LogP contribution in [0.2, 0.25) is 0 Å². The zero-order chi connectivity index (χ0) is 18.9. The first-order chi connectivity index (χ1) is 13.8. The van der Waals surface area contributed by atoms with Gasteiger partial charge in [0, 0.05) is 17.7 Å². The van der Waals surface area contributed by atoms with E-state index in [0.717, 1.165) is 48.6 Å². The van der Waals surface area contributed by atoms with Crippen molar-refractivity contribution in [1.29, 1.82) is 5.26 Å². The number of aromatic nitrogens is 2. The molecule has 0 fully saturated rings. The predicted octanol–water partition coefficient (Wildman–Crippen LogP) is 5.31. The predicted molar refractivity (Wildman–Crippen MR) is 113 cm³/mol. The van der Waals surface area contributed by atoms with Crippen LogP contribution in [0.1, 0.15) is 24.0 Å². The molecule has 1 aromatic heterocycles. The van der Waals surface area contributed by atoms with Gasteiger partial charge >= 0.3 is 0 Å². The second-order valence-electron chi connectivity index (χ2n) is 7.16. The first-order valence-electron chi connectivity index (χ1n) is 9.69. The third-order valence-electron chi connectivity index (χ3n) is 5.41. The molecule has 28 heavy (non-hydrogen) atoms. The molecule has 4 aromatic rings. The minimum absolute atomic E-state index is 0.629. The quantitative estimate of drug-likeness (QED) is 0.524. The highest BCUT2D eigenvalue weighted by Crippen LogP contribution is 2.35. The molecule has 1 N–H and O–H groups in total. The Morgan fingerprint density at radius 1 is 0.929 bits per heavy atom. The van der Waals surface area contributed by atoms with E-state index in [2.05, 4.69) is 53.9 Å². The van der Waals surface area contributed by atoms with E-state index in [1.807, 2.05) is 28.9 Å². The minimum Gasteiger partial charge on any atom is -0.370 e. The van der Waals surface area contributed by atoms with Crippen molar-refractivity contribution in [2.75, 3.05) is 11.9 Å². The van der Waals surface area contributed by atoms with Crippen LogP contribution in [0.5, 0.6) is 0 Å². The van der Waals surface area contributed by atoms with Crippen LogP contribution in [0.3, 0.4) is 0 Å². The smallest absolute Gasteiger partial charge is 0.133 e. The van der Waals surface area contributed by atoms with E-state index in [-0.39, 0.29) is 0 Å². The summed E-state index contributed by atoms with van der Waals surface area (Å²) >= 11 is 0. The van der Waals surface area contributed by atoms with E-state index in [9.17, 15) is 5.26 Å². The lowest BCUT2D eigenvalue weighted by atomic mass is 10.0. The number of hydrogen-bond donors (Lipinski definition) is 1. The molecule has 1 aliphatic heterocycles. The monoisotopic (exact) mass is 364 g/mol. The van der Waals surface area contributed by atoms with Crippen LogP contribution in [0, 0.1) is 11.3 Å². The van der Waals surface area contributed by atoms with Crippen molar-refractivity contribution in [3.8, 4) is 23.0 Å². The number of benzene rings is 3. The molecule has 0 saturated carbocycles. The van der Waals surface area contributed by atoms with Gasteiger partial charge in [-0.25, -0.2) is 4.68 Å². The van der Waals surface area contributed by atoms with E-state index in [4.69, 9.17) is 5.10 Å². The first kappa shape index (κ1) is 16.6. The summed E-state index contributed by atoms with van der Waals surface area (Å²) in [5.41, 5.74) is 4.81. The van der Waals surface area contributed by atoms with E-state index in [1.54, 1.807) is 0 Å². The van der Waals surface area contributed by atoms with Crippen LogP contribution >= 0.6 is 0 Å². The Morgan fingerprint density at radius 2 is 1.75 bits per heavy atom. The van der Waals surface area contributed by atoms with E-state index < -0.39 is 0 Å². The van der Waals surface area contributed by atoms with Gasteiger partial charge in [0.05, 0.1) is 16.9 Å². The van der Waals surface area contributed by atoms with Crippen molar-refractivity contribution < 1.29 is 0 Å². The van der Waals surface area contributed by atoms with Crippen molar-refractivity contribution in [3.05, 3.63) is 77.9 Å². The lowest BCUT2D eigenvalue weighted by molar-refractivity contribution is 0.780. The Labute approximate surface area is 164 Å². The van der Waals surface area contributed by atoms with Gasteiger partial charge in [0.15, 0.2) is 0 Å². The normalized spacial score (nSPS) is 13.4. The van der Waals surface area contributed by atoms with Crippen LogP contribution in [0.4, 0.5) is 5.82 Å². The summed E-state index contributed by atoms with van der Waals surface area (Å²) in [4.78, 5) is 0. The molecule has 0 unspecified atom stereocenters. The molecular formula is C24H20N4. The molecule has 0 radical (unpaired) electrons. The van der Waals surface area contributed by atoms with Crippen LogP contribution in [0.25, 0.3) is 27.7 Å². The number of nitrogens with zero attached hydrogens (tertiary/aromatic N) is 3. The van der Waals surface area contributed by atoms with Gasteiger partial charge in [0.25, 0.3) is 0 Å². The van der Waals surface area contributed by atoms with Crippen molar-refractivity contribution in [3.63, 3.8) is 0 Å². The van der Waals surface area contributed by atoms with Gasteiger partial charge < -0.3 is 5.32 Å². The molecule has 5 rings (SSSR count). The van der Waals surface area contributed by atoms with Crippen LogP contribution in [-0.4, -0.2) is 16.3 Å². The summed E-state index contributed by atoms with van der Waals surface area (Å²) in [5, 5.41) is 20.6. The third-order valence-corrected chi connectivity index (χ3v) is 5.41. The number of fused-ring (bicyclic) bond motifs is 2. The fourth-order valence-electron chi connectivity index (χ4n) is 4.00. The van der Waals surface area contributed by atoms with Crippen LogP contribution < -0.4 is 5.32 Å². The molecule has 0 atom stereocenters. The van der Waals surface area contributed by atoms with Crippen LogP contribution in [-0.2, 0) is 6.42 Å². The maximum absolute atomic E-state index is 9.57. The average Bonchev–Trinajstić information content (AvgIpc) is 2.93. The first-order valence-corrected chi connectivity index (χ1v) is 9.69. The SMILES string of the molecule is N#Cc1ccccc1-n1nc(-c2ccc3ccccc3c2)c2c1NCCCC2. The number of nitriles is 1. The Bertz CT molecular complexity index is 1210. The largest absolute Gasteiger partial charge is 0.370 e. The zero-order valence-electron chi connectivity index (χ0n) is 15.5. The maximum atomic E-state index is 9.57. The topological polar surface area (TPSA) is 53.6 Å². The average molecular weight is 364 g/mol. The van der Waals surface area contributed by atoms with Crippen molar-refractivity contribution in [2.24, 2.45) is 0 Å². The standard InChI is InChI=1S/C24H20N4/c25-16-20-9-3-4-11-22(20)28-24-21(10-5-6-14-26-24)23(27-28)19-13-12-17-7-1-2-8-18(17)15-19/h1-4,7-9,11-13,15,26H,5-6,10,14H2. The second-order valence-corrected chi connectivity index (χ2v) is 7.16. The van der Waals surface area contributed by atoms with E-state index >= 15 is 0 Å². The summed E-state index contributed by atoms with van der Waals surface area (Å²) in [7, 11) is 0. The molecular weight excluding hydrogens is 344 g/mol. The molecule has 4 heteroatoms. The van der Waals surface area contributed by atoms with Gasteiger partial charge in [0.1, 0.15) is 11.9 Å². The summed E-state index contributed by atoms with van der Waals surface area (Å²) in [6.07, 6.45) is 3.25. The highest BCUT2D eigenvalue weighted by atomic mass is 15.3. The number of hydrogen-bond acceptors (Lipinski definition) is 3. The molecule has 3 aromatic carbocycles. The zero-order valence-corrected chi connectivity index (χ0v) is 15.5. The van der Waals surface area contributed by atoms with E-state index in [1.165, 1.54) is 16.3 Å². The number of anilines is 1. The molecule has 2 heterocycles. The Hall–Kier alpha value is -3.58. The van der Waals surface area contributed by atoms with Gasteiger partial charge in [-0.15, -0.1) is 0 Å². The molecule has 0 saturated heterocycles. The molecule has 4 nitrogen and oxygen atoms in total. The van der Waals surface area contributed by atoms with Crippen molar-refractivity contribution in [2.45, 2.75) is 19.3 Å². The van der Waals surface area contributed by atoms with Crippen LogP contribution in [0.15, 0.2) is 66.7 Å². The maximum Gasteiger partial charge on any atom is 0.133 e. The molecule has 1 aliphatic rings. The second kappa shape index (κ2) is 6.86. The van der Waals surface area contributed by atoms with Gasteiger partial charge in [-0.1, -0.05) is 48.5 Å². The van der Waals surface area contributed by atoms with Crippen molar-refractivity contribution in [1.82, 2.24) is 9.78 Å².